The molecule has 0 atom stereocenters. The average Bonchev–Trinajstić information content (AvgIpc) is 3.94. The Morgan fingerprint density at radius 2 is 1.35 bits per heavy atom. The first-order valence-electron chi connectivity index (χ1n) is 23.4. The Hall–Kier alpha value is -7.05. The van der Waals surface area contributed by atoms with Crippen molar-refractivity contribution in [3.63, 3.8) is 0 Å². The SMILES string of the molecule is CC(C)(C)c1ccnc(-c2[c-]cccc2)c1.COc1c[c-]c(-c2nc3cccc(OC)c3n2-c2c(C(C)C)cc(-c3ccccc3)cc2C(C)C)c2oc3cc4c(ccc5ccccc54)cc3c12.[Ir]. The molecule has 0 aliphatic rings. The van der Waals surface area contributed by atoms with Gasteiger partial charge in [0.15, 0.2) is 0 Å². The second-order valence-corrected chi connectivity index (χ2v) is 19.1. The zero-order valence-electron chi connectivity index (χ0n) is 40.6. The average molecular weight is 1080 g/mol. The Bertz CT molecular complexity index is 3610. The zero-order valence-corrected chi connectivity index (χ0v) is 43.0. The summed E-state index contributed by atoms with van der Waals surface area (Å²) >= 11 is 0. The van der Waals surface area contributed by atoms with Crippen LogP contribution in [-0.4, -0.2) is 28.8 Å². The molecule has 0 amide bonds. The monoisotopic (exact) mass is 1080 g/mol. The molecule has 1 radical (unpaired) electrons. The number of imidazole rings is 1. The number of hydrogen-bond donors (Lipinski definition) is 0. The number of ether oxygens (including phenoxy) is 2. The van der Waals surface area contributed by atoms with Crippen LogP contribution in [0.1, 0.15) is 77.0 Å². The van der Waals surface area contributed by atoms with E-state index in [1.54, 1.807) is 14.2 Å². The quantitative estimate of drug-likeness (QED) is 0.112. The topological polar surface area (TPSA) is 62.3 Å². The zero-order chi connectivity index (χ0) is 47.3. The minimum atomic E-state index is 0. The minimum absolute atomic E-state index is 0. The molecule has 0 spiro atoms. The summed E-state index contributed by atoms with van der Waals surface area (Å²) in [6.45, 7) is 15.7. The van der Waals surface area contributed by atoms with E-state index in [4.69, 9.17) is 18.9 Å². The molecule has 3 aromatic heterocycles. The van der Waals surface area contributed by atoms with Gasteiger partial charge < -0.3 is 23.4 Å². The summed E-state index contributed by atoms with van der Waals surface area (Å²) in [5.74, 6) is 2.61. The van der Waals surface area contributed by atoms with Crippen LogP contribution in [0.4, 0.5) is 0 Å². The van der Waals surface area contributed by atoms with Crippen LogP contribution in [0.5, 0.6) is 11.5 Å². The predicted molar refractivity (Wildman–Crippen MR) is 282 cm³/mol. The van der Waals surface area contributed by atoms with E-state index < -0.39 is 0 Å². The van der Waals surface area contributed by atoms with E-state index in [0.29, 0.717) is 11.3 Å². The number of nitrogens with zero attached hydrogens (tertiary/aromatic N) is 3. The van der Waals surface area contributed by atoms with Gasteiger partial charge in [0.2, 0.25) is 0 Å². The van der Waals surface area contributed by atoms with Crippen LogP contribution in [0.3, 0.4) is 0 Å². The number of benzene rings is 8. The first-order chi connectivity index (χ1) is 32.9. The molecule has 0 saturated heterocycles. The van der Waals surface area contributed by atoms with Gasteiger partial charge in [-0.05, 0) is 120 Å². The van der Waals surface area contributed by atoms with Crippen molar-refractivity contribution in [3.05, 3.63) is 187 Å². The van der Waals surface area contributed by atoms with Gasteiger partial charge in [0.05, 0.1) is 31.1 Å². The number of aromatic nitrogens is 3. The molecule has 0 aliphatic carbocycles. The van der Waals surface area contributed by atoms with Crippen molar-refractivity contribution in [2.24, 2.45) is 0 Å². The van der Waals surface area contributed by atoms with Crippen LogP contribution < -0.4 is 9.47 Å². The number of para-hydroxylation sites is 1. The van der Waals surface area contributed by atoms with Crippen molar-refractivity contribution >= 4 is 54.5 Å². The maximum atomic E-state index is 6.92. The summed E-state index contributed by atoms with van der Waals surface area (Å²) < 4.78 is 21.3. The number of methoxy groups -OCH3 is 2. The van der Waals surface area contributed by atoms with Crippen LogP contribution in [0.25, 0.3) is 94.0 Å². The standard InChI is InChI=1S/C47H39N2O3.C15H16N.Ir/c1-27(2)35-24-32(29-13-8-7-9-14-29)25-36(28(3)4)44(35)49-45-39(17-12-18-41(45)51-6)48-47(49)34-21-22-40(50-5)43-38-23-31-20-19-30-15-10-11-16-33(30)37(31)26-42(38)52-46(34)43;1-15(2,3)13-9-10-16-14(11-13)12-7-5-4-6-8-12;/h7-20,22-28H,1-6H3;4-7,9-11H,1-3H3;/q2*-1;. The predicted octanol–water partition coefficient (Wildman–Crippen LogP) is 16.5. The maximum Gasteiger partial charge on any atom is 0.144 e. The van der Waals surface area contributed by atoms with Crippen molar-refractivity contribution in [2.75, 3.05) is 14.2 Å². The number of pyridine rings is 1. The first kappa shape index (κ1) is 47.0. The Labute approximate surface area is 418 Å². The summed E-state index contributed by atoms with van der Waals surface area (Å²) in [6.07, 6.45) is 1.87. The molecule has 0 unspecified atom stereocenters. The largest absolute Gasteiger partial charge is 0.539 e. The van der Waals surface area contributed by atoms with Gasteiger partial charge in [0.1, 0.15) is 16.8 Å². The molecule has 8 aromatic carbocycles. The van der Waals surface area contributed by atoms with Gasteiger partial charge in [0.25, 0.3) is 0 Å². The van der Waals surface area contributed by atoms with Crippen molar-refractivity contribution in [2.45, 2.75) is 65.7 Å². The van der Waals surface area contributed by atoms with Crippen molar-refractivity contribution < 1.29 is 34.0 Å². The number of rotatable bonds is 8. The second kappa shape index (κ2) is 19.2. The number of hydrogen-bond acceptors (Lipinski definition) is 5. The molecule has 0 fully saturated rings. The third-order valence-corrected chi connectivity index (χ3v) is 13.0. The van der Waals surface area contributed by atoms with Crippen LogP contribution in [0.2, 0.25) is 0 Å². The van der Waals surface area contributed by atoms with Gasteiger partial charge in [-0.2, -0.15) is 0 Å². The van der Waals surface area contributed by atoms with E-state index in [-0.39, 0.29) is 37.4 Å². The molecule has 0 N–H and O–H groups in total. The molecule has 3 heterocycles. The smallest absolute Gasteiger partial charge is 0.144 e. The van der Waals surface area contributed by atoms with Crippen LogP contribution in [-0.2, 0) is 25.5 Å². The minimum Gasteiger partial charge on any atom is -0.539 e. The van der Waals surface area contributed by atoms with Gasteiger partial charge in [-0.25, -0.2) is 0 Å². The van der Waals surface area contributed by atoms with Crippen LogP contribution in [0, 0.1) is 12.1 Å². The summed E-state index contributed by atoms with van der Waals surface area (Å²) in [7, 11) is 3.43. The van der Waals surface area contributed by atoms with E-state index >= 15 is 0 Å². The third kappa shape index (κ3) is 8.71. The van der Waals surface area contributed by atoms with Gasteiger partial charge >= 0.3 is 0 Å². The molecule has 11 rings (SSSR count). The van der Waals surface area contributed by atoms with E-state index in [1.165, 1.54) is 38.6 Å². The summed E-state index contributed by atoms with van der Waals surface area (Å²) in [4.78, 5) is 9.76. The Balaban J connectivity index is 0.000000296. The molecular weight excluding hydrogens is 1030 g/mol. The third-order valence-electron chi connectivity index (χ3n) is 13.0. The Morgan fingerprint density at radius 1 is 0.638 bits per heavy atom. The van der Waals surface area contributed by atoms with Crippen molar-refractivity contribution in [1.82, 2.24) is 14.5 Å². The molecular formula is C62H55IrN3O3-2. The molecule has 69 heavy (non-hydrogen) atoms. The normalized spacial score (nSPS) is 11.7. The van der Waals surface area contributed by atoms with Crippen LogP contribution >= 0.6 is 0 Å². The van der Waals surface area contributed by atoms with Crippen molar-refractivity contribution in [1.29, 1.82) is 0 Å². The molecule has 0 aliphatic heterocycles. The maximum absolute atomic E-state index is 6.92. The fourth-order valence-electron chi connectivity index (χ4n) is 9.48. The van der Waals surface area contributed by atoms with Gasteiger partial charge in [-0.1, -0.05) is 133 Å². The Morgan fingerprint density at radius 3 is 2.04 bits per heavy atom. The first-order valence-corrected chi connectivity index (χ1v) is 23.4. The number of furan rings is 1. The van der Waals surface area contributed by atoms with Gasteiger partial charge in [0, 0.05) is 43.1 Å². The molecule has 11 aromatic rings. The van der Waals surface area contributed by atoms with Gasteiger partial charge in [-0.3, -0.25) is 4.98 Å². The molecule has 347 valence electrons. The van der Waals surface area contributed by atoms with E-state index in [1.807, 2.05) is 48.7 Å². The summed E-state index contributed by atoms with van der Waals surface area (Å²) in [5.41, 5.74) is 13.4. The Kier molecular flexibility index (Phi) is 13.1. The van der Waals surface area contributed by atoms with E-state index in [2.05, 4.69) is 179 Å². The summed E-state index contributed by atoms with van der Waals surface area (Å²) in [6, 6.07) is 59.5. The molecule has 0 bridgehead atoms. The second-order valence-electron chi connectivity index (χ2n) is 19.1. The van der Waals surface area contributed by atoms with E-state index in [9.17, 15) is 0 Å². The number of fused-ring (bicyclic) bond motifs is 7. The molecule has 6 nitrogen and oxygen atoms in total. The fourth-order valence-corrected chi connectivity index (χ4v) is 9.48. The molecule has 0 saturated carbocycles. The summed E-state index contributed by atoms with van der Waals surface area (Å²) in [5, 5.41) is 6.57. The molecule has 7 heteroatoms. The van der Waals surface area contributed by atoms with Crippen molar-refractivity contribution in [3.8, 4) is 51.0 Å². The fraction of sp³-hybridized carbons (Fsp3) is 0.194. The van der Waals surface area contributed by atoms with Gasteiger partial charge in [-0.15, -0.1) is 48.0 Å². The van der Waals surface area contributed by atoms with E-state index in [0.717, 1.165) is 72.2 Å². The van der Waals surface area contributed by atoms with Crippen LogP contribution in [0.15, 0.2) is 162 Å².